The van der Waals surface area contributed by atoms with Gasteiger partial charge in [0.15, 0.2) is 0 Å². The van der Waals surface area contributed by atoms with Gasteiger partial charge in [-0.3, -0.25) is 4.79 Å². The molecule has 0 aliphatic heterocycles. The summed E-state index contributed by atoms with van der Waals surface area (Å²) in [4.78, 5) is 27.1. The third-order valence-corrected chi connectivity index (χ3v) is 10.4. The van der Waals surface area contributed by atoms with Crippen LogP contribution in [0, 0.1) is 0 Å². The number of hydrogen-bond acceptors (Lipinski definition) is 7. The lowest BCUT2D eigenvalue weighted by Gasteiger charge is -2.22. The predicted octanol–water partition coefficient (Wildman–Crippen LogP) is 13.3. The number of rotatable bonds is 42. The van der Waals surface area contributed by atoms with Crippen molar-refractivity contribution in [3.8, 4) is 0 Å². The Morgan fingerprint density at radius 1 is 0.462 bits per heavy atom. The van der Waals surface area contributed by atoms with E-state index in [1.54, 1.807) is 0 Å². The van der Waals surface area contributed by atoms with Crippen LogP contribution >= 0.6 is 0 Å². The molecule has 0 aromatic rings. The van der Waals surface area contributed by atoms with Crippen molar-refractivity contribution < 1.29 is 28.9 Å². The zero-order valence-electron chi connectivity index (χ0n) is 35.1. The van der Waals surface area contributed by atoms with Crippen molar-refractivity contribution in [2.24, 2.45) is 0 Å². The molecule has 310 valence electrons. The Kier molecular flexibility index (Phi) is 41.3. The molecule has 0 spiro atoms. The van der Waals surface area contributed by atoms with Crippen LogP contribution < -0.4 is 0 Å². The van der Waals surface area contributed by atoms with Gasteiger partial charge in [0, 0.05) is 13.0 Å². The molecule has 7 nitrogen and oxygen atoms in total. The molecule has 1 N–H and O–H groups in total. The van der Waals surface area contributed by atoms with Gasteiger partial charge in [-0.25, -0.2) is 4.79 Å². The molecule has 7 heteroatoms. The maximum absolute atomic E-state index is 12.7. The summed E-state index contributed by atoms with van der Waals surface area (Å²) >= 11 is 0. The Morgan fingerprint density at radius 2 is 0.827 bits per heavy atom. The number of nitrogens with zero attached hydrogens (tertiary/aromatic N) is 1. The van der Waals surface area contributed by atoms with E-state index in [1.807, 2.05) is 0 Å². The zero-order chi connectivity index (χ0) is 38.0. The fourth-order valence-electron chi connectivity index (χ4n) is 6.93. The number of hydrogen-bond donors (Lipinski definition) is 1. The van der Waals surface area contributed by atoms with Gasteiger partial charge in [0.2, 0.25) is 0 Å². The average Bonchev–Trinajstić information content (AvgIpc) is 3.14. The second-order valence-electron chi connectivity index (χ2n) is 15.5. The maximum atomic E-state index is 12.7. The molecule has 0 aromatic heterocycles. The summed E-state index contributed by atoms with van der Waals surface area (Å²) in [5, 5.41) is 9.26. The normalized spacial score (nSPS) is 11.5. The van der Waals surface area contributed by atoms with E-state index in [1.165, 1.54) is 122 Å². The summed E-state index contributed by atoms with van der Waals surface area (Å²) in [6.07, 6.45) is 37.7. The Morgan fingerprint density at radius 3 is 1.27 bits per heavy atom. The van der Waals surface area contributed by atoms with E-state index in [4.69, 9.17) is 14.2 Å². The number of carbonyl (C=O) groups excluding carboxylic acids is 2. The lowest BCUT2D eigenvalue weighted by atomic mass is 10.0. The summed E-state index contributed by atoms with van der Waals surface area (Å²) in [6, 6.07) is 0. The van der Waals surface area contributed by atoms with Crippen LogP contribution in [-0.2, 0) is 19.0 Å². The molecule has 0 heterocycles. The van der Waals surface area contributed by atoms with E-state index < -0.39 is 6.16 Å². The SMILES string of the molecule is CCCCCCCCCOC(=O)OCCCCCCN(CCCCO)CCCCCCCC(=O)OC(CCCCCCCC)CCCCCCCC. The Balaban J connectivity index is 4.09. The highest BCUT2D eigenvalue weighted by atomic mass is 16.7. The number of carbonyl (C=O) groups is 2. The third-order valence-electron chi connectivity index (χ3n) is 10.4. The van der Waals surface area contributed by atoms with Crippen LogP contribution in [0.1, 0.15) is 233 Å². The Hall–Kier alpha value is -1.34. The van der Waals surface area contributed by atoms with Gasteiger partial charge >= 0.3 is 12.1 Å². The first-order chi connectivity index (χ1) is 25.6. The minimum atomic E-state index is -0.521. The van der Waals surface area contributed by atoms with Gasteiger partial charge in [-0.1, -0.05) is 156 Å². The molecule has 0 radical (unpaired) electrons. The highest BCUT2D eigenvalue weighted by Gasteiger charge is 2.14. The molecule has 0 fully saturated rings. The van der Waals surface area contributed by atoms with Gasteiger partial charge in [-0.2, -0.15) is 0 Å². The van der Waals surface area contributed by atoms with E-state index in [0.717, 1.165) is 103 Å². The molecular formula is C45H89NO6. The van der Waals surface area contributed by atoms with Crippen LogP contribution in [0.4, 0.5) is 4.79 Å². The second kappa shape index (κ2) is 42.4. The summed E-state index contributed by atoms with van der Waals surface area (Å²) in [5.74, 6) is 0.0160. The number of ether oxygens (including phenoxy) is 3. The summed E-state index contributed by atoms with van der Waals surface area (Å²) in [5.41, 5.74) is 0. The standard InChI is InChI=1S/C45H89NO6/c1-4-7-10-13-16-23-32-41-50-45(49)51-42-33-24-22-29-38-46(39-30-31-40-47)37-28-21-17-20-27-36-44(48)52-43(34-25-18-14-11-8-5-2)35-26-19-15-12-9-6-3/h43,47H,4-42H2,1-3H3. The van der Waals surface area contributed by atoms with Crippen LogP contribution in [0.25, 0.3) is 0 Å². The lowest BCUT2D eigenvalue weighted by molar-refractivity contribution is -0.150. The molecule has 0 amide bonds. The van der Waals surface area contributed by atoms with Crippen molar-refractivity contribution in [3.05, 3.63) is 0 Å². The molecule has 0 aliphatic carbocycles. The van der Waals surface area contributed by atoms with E-state index >= 15 is 0 Å². The molecule has 0 bridgehead atoms. The predicted molar refractivity (Wildman–Crippen MR) is 220 cm³/mol. The first-order valence-electron chi connectivity index (χ1n) is 22.9. The molecule has 0 saturated heterocycles. The van der Waals surface area contributed by atoms with Gasteiger partial charge < -0.3 is 24.2 Å². The van der Waals surface area contributed by atoms with Gasteiger partial charge in [-0.05, 0) is 90.3 Å². The summed E-state index contributed by atoms with van der Waals surface area (Å²) in [6.45, 7) is 11.1. The number of aliphatic hydroxyl groups excluding tert-OH is 1. The van der Waals surface area contributed by atoms with Crippen molar-refractivity contribution in [2.75, 3.05) is 39.5 Å². The second-order valence-corrected chi connectivity index (χ2v) is 15.5. The van der Waals surface area contributed by atoms with Crippen LogP contribution in [0.15, 0.2) is 0 Å². The van der Waals surface area contributed by atoms with Crippen LogP contribution in [0.2, 0.25) is 0 Å². The first kappa shape index (κ1) is 50.7. The van der Waals surface area contributed by atoms with E-state index in [-0.39, 0.29) is 18.7 Å². The molecule has 0 atom stereocenters. The van der Waals surface area contributed by atoms with Crippen LogP contribution in [-0.4, -0.2) is 67.7 Å². The summed E-state index contributed by atoms with van der Waals surface area (Å²) < 4.78 is 16.5. The largest absolute Gasteiger partial charge is 0.508 e. The van der Waals surface area contributed by atoms with E-state index in [2.05, 4.69) is 25.7 Å². The minimum absolute atomic E-state index is 0.0160. The van der Waals surface area contributed by atoms with E-state index in [9.17, 15) is 14.7 Å². The van der Waals surface area contributed by atoms with Crippen molar-refractivity contribution in [1.82, 2.24) is 4.90 Å². The molecule has 0 unspecified atom stereocenters. The highest BCUT2D eigenvalue weighted by molar-refractivity contribution is 5.69. The van der Waals surface area contributed by atoms with E-state index in [0.29, 0.717) is 19.6 Å². The van der Waals surface area contributed by atoms with Crippen LogP contribution in [0.3, 0.4) is 0 Å². The molecule has 52 heavy (non-hydrogen) atoms. The highest BCUT2D eigenvalue weighted by Crippen LogP contribution is 2.18. The minimum Gasteiger partial charge on any atom is -0.462 e. The van der Waals surface area contributed by atoms with Crippen molar-refractivity contribution in [3.63, 3.8) is 0 Å². The third kappa shape index (κ3) is 38.4. The van der Waals surface area contributed by atoms with Crippen molar-refractivity contribution >= 4 is 12.1 Å². The van der Waals surface area contributed by atoms with Gasteiger partial charge in [-0.15, -0.1) is 0 Å². The Bertz CT molecular complexity index is 719. The fourth-order valence-corrected chi connectivity index (χ4v) is 6.93. The molecular weight excluding hydrogens is 650 g/mol. The quantitative estimate of drug-likeness (QED) is 0.0493. The van der Waals surface area contributed by atoms with Crippen LogP contribution in [0.5, 0.6) is 0 Å². The van der Waals surface area contributed by atoms with Crippen molar-refractivity contribution in [1.29, 1.82) is 0 Å². The average molecular weight is 740 g/mol. The Labute approximate surface area is 323 Å². The molecule has 0 aromatic carbocycles. The maximum Gasteiger partial charge on any atom is 0.508 e. The fraction of sp³-hybridized carbons (Fsp3) is 0.956. The smallest absolute Gasteiger partial charge is 0.462 e. The lowest BCUT2D eigenvalue weighted by Crippen LogP contribution is -2.27. The number of aliphatic hydroxyl groups is 1. The summed E-state index contributed by atoms with van der Waals surface area (Å²) in [7, 11) is 0. The molecule has 0 rings (SSSR count). The number of unbranched alkanes of at least 4 members (excludes halogenated alkanes) is 24. The zero-order valence-corrected chi connectivity index (χ0v) is 35.1. The first-order valence-corrected chi connectivity index (χ1v) is 22.9. The van der Waals surface area contributed by atoms with Crippen molar-refractivity contribution in [2.45, 2.75) is 239 Å². The van der Waals surface area contributed by atoms with Gasteiger partial charge in [0.1, 0.15) is 6.10 Å². The number of esters is 1. The molecule has 0 saturated carbocycles. The topological polar surface area (TPSA) is 85.3 Å². The van der Waals surface area contributed by atoms with Gasteiger partial charge in [0.25, 0.3) is 0 Å². The van der Waals surface area contributed by atoms with Gasteiger partial charge in [0.05, 0.1) is 13.2 Å². The molecule has 0 aliphatic rings. The monoisotopic (exact) mass is 740 g/mol.